The number of amides is 2. The number of rotatable bonds is 6. The number of hydrogen-bond acceptors (Lipinski definition) is 4. The summed E-state index contributed by atoms with van der Waals surface area (Å²) >= 11 is 0. The van der Waals surface area contributed by atoms with E-state index < -0.39 is 11.8 Å². The molecule has 0 unspecified atom stereocenters. The second kappa shape index (κ2) is 9.23. The molecule has 142 valence electrons. The number of ether oxygens (including phenoxy) is 2. The highest BCUT2D eigenvalue weighted by Gasteiger charge is 2.18. The maximum absolute atomic E-state index is 12.4. The van der Waals surface area contributed by atoms with Gasteiger partial charge >= 0.3 is 11.8 Å². The Kier molecular flexibility index (Phi) is 6.25. The van der Waals surface area contributed by atoms with Gasteiger partial charge in [-0.2, -0.15) is 0 Å². The van der Waals surface area contributed by atoms with Crippen LogP contribution in [0.5, 0.6) is 17.2 Å². The quantitative estimate of drug-likeness (QED) is 0.623. The minimum absolute atomic E-state index is 0.393. The molecule has 3 aromatic carbocycles. The summed E-state index contributed by atoms with van der Waals surface area (Å²) in [6, 6.07) is 23.0. The van der Waals surface area contributed by atoms with E-state index in [2.05, 4.69) is 10.6 Å². The Morgan fingerprint density at radius 2 is 1.21 bits per heavy atom. The van der Waals surface area contributed by atoms with Crippen molar-refractivity contribution in [3.63, 3.8) is 0 Å². The standard InChI is InChI=1S/C22H20N2O4/c1-2-27-19-14-8-6-12-17(19)23-21(25)22(26)24-18-13-7-9-15-20(18)28-16-10-4-3-5-11-16/h3-15H,2H2,1H3,(H,23,25)(H,24,26). The highest BCUT2D eigenvalue weighted by molar-refractivity contribution is 6.43. The Balaban J connectivity index is 1.70. The van der Waals surface area contributed by atoms with Gasteiger partial charge in [0.1, 0.15) is 11.5 Å². The van der Waals surface area contributed by atoms with Crippen LogP contribution in [-0.4, -0.2) is 18.4 Å². The molecule has 6 nitrogen and oxygen atoms in total. The molecule has 28 heavy (non-hydrogen) atoms. The fourth-order valence-corrected chi connectivity index (χ4v) is 2.48. The van der Waals surface area contributed by atoms with Crippen molar-refractivity contribution in [1.82, 2.24) is 0 Å². The van der Waals surface area contributed by atoms with Crippen LogP contribution in [-0.2, 0) is 9.59 Å². The molecule has 0 aliphatic carbocycles. The summed E-state index contributed by atoms with van der Waals surface area (Å²) in [6.07, 6.45) is 0. The van der Waals surface area contributed by atoms with Crippen molar-refractivity contribution >= 4 is 23.2 Å². The Labute approximate surface area is 163 Å². The molecule has 0 aliphatic heterocycles. The van der Waals surface area contributed by atoms with Crippen molar-refractivity contribution in [1.29, 1.82) is 0 Å². The van der Waals surface area contributed by atoms with Gasteiger partial charge in [0.15, 0.2) is 5.75 Å². The van der Waals surface area contributed by atoms with Gasteiger partial charge in [-0.3, -0.25) is 9.59 Å². The fraction of sp³-hybridized carbons (Fsp3) is 0.0909. The summed E-state index contributed by atoms with van der Waals surface area (Å²) in [7, 11) is 0. The van der Waals surface area contributed by atoms with Crippen molar-refractivity contribution in [3.8, 4) is 17.2 Å². The molecule has 2 N–H and O–H groups in total. The van der Waals surface area contributed by atoms with Crippen LogP contribution in [0.15, 0.2) is 78.9 Å². The summed E-state index contributed by atoms with van der Waals surface area (Å²) in [5, 5.41) is 5.15. The molecule has 6 heteroatoms. The van der Waals surface area contributed by atoms with E-state index in [0.717, 1.165) is 0 Å². The molecule has 0 fully saturated rings. The normalized spacial score (nSPS) is 10.0. The van der Waals surface area contributed by atoms with Crippen molar-refractivity contribution < 1.29 is 19.1 Å². The van der Waals surface area contributed by atoms with E-state index in [9.17, 15) is 9.59 Å². The number of nitrogens with one attached hydrogen (secondary N) is 2. The number of carbonyl (C=O) groups is 2. The second-order valence-corrected chi connectivity index (χ2v) is 5.75. The molecule has 0 saturated carbocycles. The largest absolute Gasteiger partial charge is 0.492 e. The number of anilines is 2. The van der Waals surface area contributed by atoms with Crippen molar-refractivity contribution in [3.05, 3.63) is 78.9 Å². The molecule has 3 rings (SSSR count). The maximum atomic E-state index is 12.4. The minimum atomic E-state index is -0.810. The lowest BCUT2D eigenvalue weighted by molar-refractivity contribution is -0.133. The summed E-state index contributed by atoms with van der Waals surface area (Å²) in [4.78, 5) is 24.7. The third-order valence-corrected chi connectivity index (χ3v) is 3.75. The molecular formula is C22H20N2O4. The van der Waals surface area contributed by atoms with Gasteiger partial charge in [-0.25, -0.2) is 0 Å². The van der Waals surface area contributed by atoms with Gasteiger partial charge < -0.3 is 20.1 Å². The van der Waals surface area contributed by atoms with Crippen LogP contribution in [0.2, 0.25) is 0 Å². The monoisotopic (exact) mass is 376 g/mol. The van der Waals surface area contributed by atoms with Gasteiger partial charge in [-0.05, 0) is 43.3 Å². The van der Waals surface area contributed by atoms with Crippen molar-refractivity contribution in [2.45, 2.75) is 6.92 Å². The van der Waals surface area contributed by atoms with Gasteiger partial charge in [0.2, 0.25) is 0 Å². The topological polar surface area (TPSA) is 76.7 Å². The average Bonchev–Trinajstić information content (AvgIpc) is 2.72. The van der Waals surface area contributed by atoms with E-state index >= 15 is 0 Å². The van der Waals surface area contributed by atoms with Crippen LogP contribution < -0.4 is 20.1 Å². The van der Waals surface area contributed by atoms with Gasteiger partial charge in [0.05, 0.1) is 18.0 Å². The molecular weight excluding hydrogens is 356 g/mol. The van der Waals surface area contributed by atoms with Crippen LogP contribution in [0.3, 0.4) is 0 Å². The minimum Gasteiger partial charge on any atom is -0.492 e. The zero-order chi connectivity index (χ0) is 19.8. The molecule has 0 radical (unpaired) electrons. The zero-order valence-electron chi connectivity index (χ0n) is 15.3. The highest BCUT2D eigenvalue weighted by Crippen LogP contribution is 2.29. The third-order valence-electron chi connectivity index (χ3n) is 3.75. The van der Waals surface area contributed by atoms with E-state index in [4.69, 9.17) is 9.47 Å². The predicted octanol–water partition coefficient (Wildman–Crippen LogP) is 4.45. The Bertz CT molecular complexity index is 958. The molecule has 0 aliphatic rings. The van der Waals surface area contributed by atoms with Crippen LogP contribution in [0, 0.1) is 0 Å². The molecule has 0 spiro atoms. The Hall–Kier alpha value is -3.80. The summed E-state index contributed by atoms with van der Waals surface area (Å²) in [5.74, 6) is -0.0556. The SMILES string of the molecule is CCOc1ccccc1NC(=O)C(=O)Nc1ccccc1Oc1ccccc1. The summed E-state index contributed by atoms with van der Waals surface area (Å²) in [5.41, 5.74) is 0.822. The van der Waals surface area contributed by atoms with Crippen molar-refractivity contribution in [2.75, 3.05) is 17.2 Å². The highest BCUT2D eigenvalue weighted by atomic mass is 16.5. The lowest BCUT2D eigenvalue weighted by atomic mass is 10.2. The molecule has 0 heterocycles. The van der Waals surface area contributed by atoms with Crippen molar-refractivity contribution in [2.24, 2.45) is 0 Å². The Morgan fingerprint density at radius 3 is 1.82 bits per heavy atom. The maximum Gasteiger partial charge on any atom is 0.314 e. The van der Waals surface area contributed by atoms with E-state index in [-0.39, 0.29) is 0 Å². The smallest absolute Gasteiger partial charge is 0.314 e. The predicted molar refractivity (Wildman–Crippen MR) is 108 cm³/mol. The van der Waals surface area contributed by atoms with E-state index in [1.165, 1.54) is 0 Å². The third kappa shape index (κ3) is 4.88. The lowest BCUT2D eigenvalue weighted by Gasteiger charge is -2.13. The molecule has 3 aromatic rings. The number of hydrogen-bond donors (Lipinski definition) is 2. The van der Waals surface area contributed by atoms with Crippen LogP contribution in [0.1, 0.15) is 6.92 Å². The first-order valence-corrected chi connectivity index (χ1v) is 8.83. The number of benzene rings is 3. The second-order valence-electron chi connectivity index (χ2n) is 5.75. The van der Waals surface area contributed by atoms with E-state index in [0.29, 0.717) is 35.2 Å². The van der Waals surface area contributed by atoms with E-state index in [1.807, 2.05) is 25.1 Å². The summed E-state index contributed by atoms with van der Waals surface area (Å²) < 4.78 is 11.2. The van der Waals surface area contributed by atoms with Gasteiger partial charge in [-0.1, -0.05) is 42.5 Å². The molecule has 0 aromatic heterocycles. The first kappa shape index (κ1) is 19.0. The van der Waals surface area contributed by atoms with E-state index in [1.54, 1.807) is 60.7 Å². The first-order valence-electron chi connectivity index (χ1n) is 8.83. The molecule has 2 amide bonds. The first-order chi connectivity index (χ1) is 13.7. The van der Waals surface area contributed by atoms with Gasteiger partial charge in [0, 0.05) is 0 Å². The lowest BCUT2D eigenvalue weighted by Crippen LogP contribution is -2.29. The zero-order valence-corrected chi connectivity index (χ0v) is 15.3. The number of carbonyl (C=O) groups excluding carboxylic acids is 2. The molecule has 0 saturated heterocycles. The Morgan fingerprint density at radius 1 is 0.714 bits per heavy atom. The molecule has 0 bridgehead atoms. The average molecular weight is 376 g/mol. The fourth-order valence-electron chi connectivity index (χ4n) is 2.48. The van der Waals surface area contributed by atoms with Crippen LogP contribution >= 0.6 is 0 Å². The van der Waals surface area contributed by atoms with Gasteiger partial charge in [0.25, 0.3) is 0 Å². The summed E-state index contributed by atoms with van der Waals surface area (Å²) in [6.45, 7) is 2.29. The van der Waals surface area contributed by atoms with Crippen LogP contribution in [0.4, 0.5) is 11.4 Å². The van der Waals surface area contributed by atoms with Crippen LogP contribution in [0.25, 0.3) is 0 Å². The molecule has 0 atom stereocenters. The van der Waals surface area contributed by atoms with Gasteiger partial charge in [-0.15, -0.1) is 0 Å². The number of para-hydroxylation sites is 5.